The molecule has 4 aromatic rings. The molecule has 0 radical (unpaired) electrons. The van der Waals surface area contributed by atoms with E-state index in [-0.39, 0.29) is 22.9 Å². The number of aliphatic imine (C=N–C) groups is 2. The van der Waals surface area contributed by atoms with Crippen molar-refractivity contribution in [3.05, 3.63) is 154 Å². The molecule has 0 amide bonds. The van der Waals surface area contributed by atoms with Crippen LogP contribution in [-0.4, -0.2) is 11.7 Å². The lowest BCUT2D eigenvalue weighted by atomic mass is 9.81. The molecule has 0 saturated heterocycles. The van der Waals surface area contributed by atoms with E-state index < -0.39 is 0 Å². The Bertz CT molecular complexity index is 2120. The summed E-state index contributed by atoms with van der Waals surface area (Å²) < 4.78 is 0. The molecule has 226 valence electrons. The molecular weight excluding hydrogens is 558 g/mol. The fourth-order valence-electron chi connectivity index (χ4n) is 8.53. The smallest absolute Gasteiger partial charge is 0.169 e. The highest BCUT2D eigenvalue weighted by Gasteiger charge is 2.38. The third-order valence-electron chi connectivity index (χ3n) is 11.2. The number of benzene rings is 4. The summed E-state index contributed by atoms with van der Waals surface area (Å²) >= 11 is 0. The molecule has 46 heavy (non-hydrogen) atoms. The molecule has 1 N–H and O–H groups in total. The first-order chi connectivity index (χ1) is 22.3. The number of rotatable bonds is 3. The van der Waals surface area contributed by atoms with Crippen molar-refractivity contribution in [1.29, 1.82) is 0 Å². The predicted molar refractivity (Wildman–Crippen MR) is 191 cm³/mol. The van der Waals surface area contributed by atoms with E-state index >= 15 is 0 Å². The summed E-state index contributed by atoms with van der Waals surface area (Å²) in [6.45, 7) is 9.36. The van der Waals surface area contributed by atoms with Crippen LogP contribution in [0.3, 0.4) is 0 Å². The lowest BCUT2D eigenvalue weighted by molar-refractivity contribution is 0.654. The van der Waals surface area contributed by atoms with Crippen molar-refractivity contribution >= 4 is 11.7 Å². The highest BCUT2D eigenvalue weighted by atomic mass is 15.2. The summed E-state index contributed by atoms with van der Waals surface area (Å²) in [5.41, 5.74) is 15.8. The van der Waals surface area contributed by atoms with Crippen LogP contribution >= 0.6 is 0 Å². The predicted octanol–water partition coefficient (Wildman–Crippen LogP) is 9.97. The van der Waals surface area contributed by atoms with Crippen LogP contribution in [0.15, 0.2) is 130 Å². The monoisotopic (exact) mass is 597 g/mol. The molecule has 9 rings (SSSR count). The number of allylic oxidation sites excluding steroid dienone is 5. The van der Waals surface area contributed by atoms with E-state index in [0.717, 1.165) is 42.1 Å². The third kappa shape index (κ3) is 4.04. The van der Waals surface area contributed by atoms with Crippen LogP contribution in [0.2, 0.25) is 0 Å². The molecule has 3 heteroatoms. The first-order valence-electron chi connectivity index (χ1n) is 16.8. The number of hydrogen-bond donors (Lipinski definition) is 1. The molecule has 5 aliphatic rings. The quantitative estimate of drug-likeness (QED) is 0.251. The Kier molecular flexibility index (Phi) is 5.91. The Morgan fingerprint density at radius 1 is 0.652 bits per heavy atom. The maximum absolute atomic E-state index is 5.37. The van der Waals surface area contributed by atoms with Crippen LogP contribution in [0.4, 0.5) is 0 Å². The van der Waals surface area contributed by atoms with Gasteiger partial charge in [0, 0.05) is 22.3 Å². The van der Waals surface area contributed by atoms with Crippen molar-refractivity contribution in [2.24, 2.45) is 15.9 Å². The Morgan fingerprint density at radius 3 is 2.04 bits per heavy atom. The van der Waals surface area contributed by atoms with Gasteiger partial charge in [-0.3, -0.25) is 0 Å². The topological polar surface area (TPSA) is 36.8 Å². The molecule has 2 atom stereocenters. The molecule has 4 aromatic carbocycles. The van der Waals surface area contributed by atoms with Gasteiger partial charge in [-0.2, -0.15) is 0 Å². The molecule has 0 fully saturated rings. The highest BCUT2D eigenvalue weighted by molar-refractivity contribution is 6.12. The average molecular weight is 598 g/mol. The minimum atomic E-state index is -0.319. The van der Waals surface area contributed by atoms with Gasteiger partial charge in [-0.05, 0) is 86.5 Å². The number of amidine groups is 2. The summed E-state index contributed by atoms with van der Waals surface area (Å²) in [4.78, 5) is 10.7. The molecule has 0 saturated carbocycles. The van der Waals surface area contributed by atoms with Gasteiger partial charge in [0.2, 0.25) is 0 Å². The summed E-state index contributed by atoms with van der Waals surface area (Å²) in [5.74, 6) is 2.09. The van der Waals surface area contributed by atoms with Gasteiger partial charge in [0.25, 0.3) is 0 Å². The van der Waals surface area contributed by atoms with E-state index in [9.17, 15) is 0 Å². The first-order valence-corrected chi connectivity index (χ1v) is 16.8. The van der Waals surface area contributed by atoms with Crippen molar-refractivity contribution in [3.63, 3.8) is 0 Å². The highest BCUT2D eigenvalue weighted by Crippen LogP contribution is 2.50. The van der Waals surface area contributed by atoms with Crippen molar-refractivity contribution in [2.75, 3.05) is 0 Å². The molecule has 3 nitrogen and oxygen atoms in total. The van der Waals surface area contributed by atoms with E-state index in [1.807, 2.05) is 0 Å². The minimum Gasteiger partial charge on any atom is -0.328 e. The zero-order valence-electron chi connectivity index (χ0n) is 27.1. The van der Waals surface area contributed by atoms with Crippen LogP contribution in [0.5, 0.6) is 0 Å². The minimum absolute atomic E-state index is 0.0726. The fraction of sp³-hybridized carbons (Fsp3) is 0.256. The third-order valence-corrected chi connectivity index (χ3v) is 11.2. The van der Waals surface area contributed by atoms with E-state index in [1.54, 1.807) is 0 Å². The normalized spacial score (nSPS) is 22.6. The lowest BCUT2D eigenvalue weighted by Gasteiger charge is -2.30. The van der Waals surface area contributed by atoms with E-state index in [4.69, 9.17) is 9.98 Å². The number of nitrogens with one attached hydrogen (secondary N) is 1. The summed E-state index contributed by atoms with van der Waals surface area (Å²) in [7, 11) is 0. The van der Waals surface area contributed by atoms with Crippen LogP contribution in [0.1, 0.15) is 86.5 Å². The van der Waals surface area contributed by atoms with E-state index in [0.29, 0.717) is 0 Å². The van der Waals surface area contributed by atoms with Gasteiger partial charge < -0.3 is 5.32 Å². The Morgan fingerprint density at radius 2 is 1.30 bits per heavy atom. The van der Waals surface area contributed by atoms with Gasteiger partial charge in [0.05, 0.1) is 0 Å². The number of fused-ring (bicyclic) bond motifs is 6. The van der Waals surface area contributed by atoms with Gasteiger partial charge in [0.15, 0.2) is 6.17 Å². The van der Waals surface area contributed by atoms with Gasteiger partial charge in [0.1, 0.15) is 11.7 Å². The summed E-state index contributed by atoms with van der Waals surface area (Å²) in [6, 6.07) is 31.5. The Labute approximate surface area is 272 Å². The first kappa shape index (κ1) is 27.5. The molecule has 0 spiro atoms. The zero-order valence-corrected chi connectivity index (χ0v) is 27.1. The Balaban J connectivity index is 1.14. The summed E-state index contributed by atoms with van der Waals surface area (Å²) in [5, 5.41) is 3.76. The van der Waals surface area contributed by atoms with Gasteiger partial charge >= 0.3 is 0 Å². The zero-order chi connectivity index (χ0) is 31.2. The molecule has 1 aliphatic heterocycles. The maximum atomic E-state index is 5.37. The second kappa shape index (κ2) is 9.87. The van der Waals surface area contributed by atoms with E-state index in [1.165, 1.54) is 55.7 Å². The van der Waals surface area contributed by atoms with Crippen LogP contribution in [0, 0.1) is 5.92 Å². The van der Waals surface area contributed by atoms with Crippen molar-refractivity contribution in [3.8, 4) is 22.3 Å². The van der Waals surface area contributed by atoms with Gasteiger partial charge in [-0.15, -0.1) is 0 Å². The standard InChI is InChI=1S/C43H39N3/c1-42(2)35-15-9-7-13-31(35)33-21-19-29(24-37(33)42)40-44-39(28-18-17-26-11-5-6-12-27(26)23-28)45-41(46-40)30-20-22-34-32-14-8-10-16-36(32)43(3,4)38(34)25-30/h6-10,12-22,24-25,28,40H,5,11,23H2,1-4H3,(H,44,45,46). The fourth-order valence-corrected chi connectivity index (χ4v) is 8.53. The van der Waals surface area contributed by atoms with Crippen LogP contribution in [0.25, 0.3) is 22.3 Å². The Hall–Kier alpha value is -4.76. The molecule has 1 heterocycles. The number of hydrogen-bond acceptors (Lipinski definition) is 3. The largest absolute Gasteiger partial charge is 0.328 e. The van der Waals surface area contributed by atoms with Crippen molar-refractivity contribution in [2.45, 2.75) is 64.0 Å². The second-order valence-corrected chi connectivity index (χ2v) is 14.6. The van der Waals surface area contributed by atoms with Crippen LogP contribution < -0.4 is 5.32 Å². The van der Waals surface area contributed by atoms with Crippen molar-refractivity contribution < 1.29 is 0 Å². The van der Waals surface area contributed by atoms with E-state index in [2.05, 4.69) is 142 Å². The van der Waals surface area contributed by atoms with Gasteiger partial charge in [-0.1, -0.05) is 131 Å². The molecule has 0 aromatic heterocycles. The lowest BCUT2D eigenvalue weighted by Crippen LogP contribution is -2.40. The SMILES string of the molecule is CC1(C)c2ccccc2-c2ccc(C3=NC(c4ccc5c(c4)C(C)(C)c4ccccc4-5)N=C(C4C=CC5=C(C=CCC5)C4)N3)cc21. The van der Waals surface area contributed by atoms with Crippen molar-refractivity contribution in [1.82, 2.24) is 5.32 Å². The molecule has 4 aliphatic carbocycles. The van der Waals surface area contributed by atoms with Crippen LogP contribution in [-0.2, 0) is 10.8 Å². The molecular formula is C43H39N3. The molecule has 2 unspecified atom stereocenters. The summed E-state index contributed by atoms with van der Waals surface area (Å²) in [6.07, 6.45) is 12.2. The molecule has 0 bridgehead atoms. The second-order valence-electron chi connectivity index (χ2n) is 14.6. The maximum Gasteiger partial charge on any atom is 0.169 e. The average Bonchev–Trinajstić information content (AvgIpc) is 3.47. The van der Waals surface area contributed by atoms with Gasteiger partial charge in [-0.25, -0.2) is 9.98 Å². The number of nitrogens with zero attached hydrogens (tertiary/aromatic N) is 2.